The summed E-state index contributed by atoms with van der Waals surface area (Å²) >= 11 is 0. The average Bonchev–Trinajstić information content (AvgIpc) is 2.42. The lowest BCUT2D eigenvalue weighted by molar-refractivity contribution is 0.0823. The molecule has 2 fully saturated rings. The molecule has 0 amide bonds. The minimum Gasteiger partial charge on any atom is -0.313 e. The molecule has 2 aliphatic carbocycles. The van der Waals surface area contributed by atoms with Crippen molar-refractivity contribution in [1.82, 2.24) is 10.2 Å². The van der Waals surface area contributed by atoms with Crippen LogP contribution in [0.1, 0.15) is 78.1 Å². The molecule has 20 heavy (non-hydrogen) atoms. The summed E-state index contributed by atoms with van der Waals surface area (Å²) in [4.78, 5) is 2.77. The van der Waals surface area contributed by atoms with E-state index in [2.05, 4.69) is 31.1 Å². The monoisotopic (exact) mass is 280 g/mol. The van der Waals surface area contributed by atoms with Gasteiger partial charge in [-0.2, -0.15) is 0 Å². The molecule has 118 valence electrons. The highest BCUT2D eigenvalue weighted by Gasteiger charge is 2.31. The number of hydrogen-bond donors (Lipinski definition) is 1. The van der Waals surface area contributed by atoms with Gasteiger partial charge in [-0.15, -0.1) is 0 Å². The molecule has 0 aromatic carbocycles. The molecule has 0 heterocycles. The Morgan fingerprint density at radius 2 is 1.70 bits per heavy atom. The van der Waals surface area contributed by atoms with Crippen LogP contribution in [0.2, 0.25) is 0 Å². The first-order valence-corrected chi connectivity index (χ1v) is 9.17. The van der Waals surface area contributed by atoms with Gasteiger partial charge in [-0.05, 0) is 45.2 Å². The van der Waals surface area contributed by atoms with Gasteiger partial charge in [-0.3, -0.25) is 4.90 Å². The fraction of sp³-hybridized carbons (Fsp3) is 1.00. The normalized spacial score (nSPS) is 36.6. The molecular formula is C18H36N2. The molecular weight excluding hydrogens is 244 g/mol. The second kappa shape index (κ2) is 8.38. The molecule has 0 aromatic rings. The molecule has 0 aliphatic heterocycles. The molecule has 2 heteroatoms. The zero-order chi connectivity index (χ0) is 14.4. The number of nitrogens with zero attached hydrogens (tertiary/aromatic N) is 1. The Balaban J connectivity index is 1.99. The summed E-state index contributed by atoms with van der Waals surface area (Å²) in [5.74, 6) is 0.933. The number of rotatable bonds is 4. The Hall–Kier alpha value is -0.0800. The third kappa shape index (κ3) is 4.46. The SMILES string of the molecule is CCNC1CCCCCCC1N(C)C1CCCC(C)C1. The van der Waals surface area contributed by atoms with E-state index in [0.29, 0.717) is 0 Å². The maximum atomic E-state index is 3.79. The topological polar surface area (TPSA) is 15.3 Å². The van der Waals surface area contributed by atoms with Crippen LogP contribution in [0.5, 0.6) is 0 Å². The van der Waals surface area contributed by atoms with Crippen LogP contribution in [0.25, 0.3) is 0 Å². The van der Waals surface area contributed by atoms with E-state index in [9.17, 15) is 0 Å². The molecule has 0 spiro atoms. The van der Waals surface area contributed by atoms with E-state index in [4.69, 9.17) is 0 Å². The molecule has 2 saturated carbocycles. The van der Waals surface area contributed by atoms with Crippen molar-refractivity contribution in [2.45, 2.75) is 96.2 Å². The minimum absolute atomic E-state index is 0.725. The smallest absolute Gasteiger partial charge is 0.0249 e. The van der Waals surface area contributed by atoms with Gasteiger partial charge >= 0.3 is 0 Å². The summed E-state index contributed by atoms with van der Waals surface area (Å²) in [7, 11) is 2.42. The van der Waals surface area contributed by atoms with Crippen LogP contribution < -0.4 is 5.32 Å². The van der Waals surface area contributed by atoms with E-state index in [1.807, 2.05) is 0 Å². The van der Waals surface area contributed by atoms with Gasteiger partial charge in [-0.1, -0.05) is 52.4 Å². The van der Waals surface area contributed by atoms with Crippen molar-refractivity contribution >= 4 is 0 Å². The average molecular weight is 281 g/mol. The van der Waals surface area contributed by atoms with Crippen molar-refractivity contribution in [2.75, 3.05) is 13.6 Å². The molecule has 0 radical (unpaired) electrons. The van der Waals surface area contributed by atoms with E-state index in [0.717, 1.165) is 30.6 Å². The lowest BCUT2D eigenvalue weighted by Gasteiger charge is -2.43. The first-order valence-electron chi connectivity index (χ1n) is 9.17. The van der Waals surface area contributed by atoms with Gasteiger partial charge in [-0.25, -0.2) is 0 Å². The van der Waals surface area contributed by atoms with Crippen molar-refractivity contribution in [2.24, 2.45) is 5.92 Å². The molecule has 0 aromatic heterocycles. The Bertz CT molecular complexity index is 266. The first-order chi connectivity index (χ1) is 9.72. The van der Waals surface area contributed by atoms with Crippen molar-refractivity contribution in [3.63, 3.8) is 0 Å². The Morgan fingerprint density at radius 1 is 0.950 bits per heavy atom. The second-order valence-corrected chi connectivity index (χ2v) is 7.31. The molecule has 4 unspecified atom stereocenters. The molecule has 0 saturated heterocycles. The Kier molecular flexibility index (Phi) is 6.83. The third-order valence-electron chi connectivity index (χ3n) is 5.70. The standard InChI is InChI=1S/C18H36N2/c1-4-19-17-12-7-5-6-8-13-18(17)20(3)16-11-9-10-15(2)14-16/h15-19H,4-14H2,1-3H3. The van der Waals surface area contributed by atoms with Gasteiger partial charge in [0, 0.05) is 18.1 Å². The summed E-state index contributed by atoms with van der Waals surface area (Å²) < 4.78 is 0. The summed E-state index contributed by atoms with van der Waals surface area (Å²) in [6.45, 7) is 5.83. The maximum absolute atomic E-state index is 3.79. The van der Waals surface area contributed by atoms with Gasteiger partial charge < -0.3 is 5.32 Å². The molecule has 1 N–H and O–H groups in total. The van der Waals surface area contributed by atoms with Gasteiger partial charge in [0.2, 0.25) is 0 Å². The van der Waals surface area contributed by atoms with Gasteiger partial charge in [0.1, 0.15) is 0 Å². The van der Waals surface area contributed by atoms with Gasteiger partial charge in [0.25, 0.3) is 0 Å². The van der Waals surface area contributed by atoms with E-state index >= 15 is 0 Å². The molecule has 0 bridgehead atoms. The Morgan fingerprint density at radius 3 is 2.40 bits per heavy atom. The Labute approximate surface area is 126 Å². The fourth-order valence-corrected chi connectivity index (χ4v) is 4.50. The van der Waals surface area contributed by atoms with Crippen molar-refractivity contribution in [3.05, 3.63) is 0 Å². The lowest BCUT2D eigenvalue weighted by Crippen LogP contribution is -2.53. The van der Waals surface area contributed by atoms with Crippen LogP contribution in [-0.4, -0.2) is 36.6 Å². The van der Waals surface area contributed by atoms with Crippen LogP contribution in [0.3, 0.4) is 0 Å². The molecule has 2 nitrogen and oxygen atoms in total. The predicted octanol–water partition coefficient (Wildman–Crippen LogP) is 4.20. The summed E-state index contributed by atoms with van der Waals surface area (Å²) in [6.07, 6.45) is 14.3. The van der Waals surface area contributed by atoms with Gasteiger partial charge in [0.05, 0.1) is 0 Å². The summed E-state index contributed by atoms with van der Waals surface area (Å²) in [5, 5.41) is 3.79. The second-order valence-electron chi connectivity index (χ2n) is 7.31. The van der Waals surface area contributed by atoms with E-state index in [1.54, 1.807) is 0 Å². The molecule has 2 aliphatic rings. The van der Waals surface area contributed by atoms with E-state index < -0.39 is 0 Å². The minimum atomic E-state index is 0.725. The largest absolute Gasteiger partial charge is 0.313 e. The van der Waals surface area contributed by atoms with Crippen LogP contribution in [0.4, 0.5) is 0 Å². The summed E-state index contributed by atoms with van der Waals surface area (Å²) in [5.41, 5.74) is 0. The summed E-state index contributed by atoms with van der Waals surface area (Å²) in [6, 6.07) is 2.33. The first kappa shape index (κ1) is 16.3. The van der Waals surface area contributed by atoms with Gasteiger partial charge in [0.15, 0.2) is 0 Å². The van der Waals surface area contributed by atoms with E-state index in [1.165, 1.54) is 64.2 Å². The lowest BCUT2D eigenvalue weighted by atomic mass is 9.84. The fourth-order valence-electron chi connectivity index (χ4n) is 4.50. The molecule has 4 atom stereocenters. The van der Waals surface area contributed by atoms with Crippen LogP contribution in [-0.2, 0) is 0 Å². The molecule has 2 rings (SSSR count). The number of likely N-dealkylation sites (N-methyl/N-ethyl adjacent to an activating group) is 2. The zero-order valence-corrected chi connectivity index (χ0v) is 14.0. The highest BCUT2D eigenvalue weighted by molar-refractivity contribution is 4.89. The number of nitrogens with one attached hydrogen (secondary N) is 1. The van der Waals surface area contributed by atoms with Crippen molar-refractivity contribution in [1.29, 1.82) is 0 Å². The van der Waals surface area contributed by atoms with Crippen molar-refractivity contribution < 1.29 is 0 Å². The number of hydrogen-bond acceptors (Lipinski definition) is 2. The van der Waals surface area contributed by atoms with Crippen molar-refractivity contribution in [3.8, 4) is 0 Å². The van der Waals surface area contributed by atoms with Crippen LogP contribution in [0.15, 0.2) is 0 Å². The highest BCUT2D eigenvalue weighted by Crippen LogP contribution is 2.30. The maximum Gasteiger partial charge on any atom is 0.0249 e. The third-order valence-corrected chi connectivity index (χ3v) is 5.70. The predicted molar refractivity (Wildman–Crippen MR) is 88.1 cm³/mol. The van der Waals surface area contributed by atoms with Crippen LogP contribution in [0, 0.1) is 5.92 Å². The van der Waals surface area contributed by atoms with Crippen LogP contribution >= 0.6 is 0 Å². The zero-order valence-electron chi connectivity index (χ0n) is 14.0. The quantitative estimate of drug-likeness (QED) is 0.830. The van der Waals surface area contributed by atoms with E-state index in [-0.39, 0.29) is 0 Å². The highest BCUT2D eigenvalue weighted by atomic mass is 15.2.